The molecule has 2 N–H and O–H groups in total. The summed E-state index contributed by atoms with van der Waals surface area (Å²) in [6.45, 7) is 7.09. The van der Waals surface area contributed by atoms with Gasteiger partial charge < -0.3 is 24.5 Å². The lowest BCUT2D eigenvalue weighted by Crippen LogP contribution is -2.39. The van der Waals surface area contributed by atoms with Gasteiger partial charge in [-0.1, -0.05) is 0 Å². The summed E-state index contributed by atoms with van der Waals surface area (Å²) < 4.78 is 12.1. The van der Waals surface area contributed by atoms with Crippen LogP contribution in [-0.4, -0.2) is 40.3 Å². The Bertz CT molecular complexity index is 1000. The highest BCUT2D eigenvalue weighted by molar-refractivity contribution is 6.04. The Balaban J connectivity index is 1.99. The molecule has 0 bridgehead atoms. The Morgan fingerprint density at radius 1 is 1.33 bits per heavy atom. The molecular formula is C19H22N2O6. The van der Waals surface area contributed by atoms with Crippen molar-refractivity contribution >= 4 is 22.8 Å². The smallest absolute Gasteiger partial charge is 0.325 e. The minimum Gasteiger partial charge on any atom is -0.506 e. The summed E-state index contributed by atoms with van der Waals surface area (Å²) in [6.07, 6.45) is 0. The number of nitrogens with zero attached hydrogens (tertiary/aromatic N) is 1. The second kappa shape index (κ2) is 6.61. The quantitative estimate of drug-likeness (QED) is 0.788. The molecule has 2 aromatic rings. The summed E-state index contributed by atoms with van der Waals surface area (Å²) in [5, 5.41) is 13.3. The van der Waals surface area contributed by atoms with Crippen molar-refractivity contribution in [1.82, 2.24) is 9.88 Å². The van der Waals surface area contributed by atoms with E-state index in [1.165, 1.54) is 4.57 Å². The normalized spacial score (nSPS) is 13.2. The van der Waals surface area contributed by atoms with E-state index in [1.807, 2.05) is 6.92 Å². The van der Waals surface area contributed by atoms with Gasteiger partial charge in [0.2, 0.25) is 0 Å². The van der Waals surface area contributed by atoms with Gasteiger partial charge in [-0.15, -0.1) is 0 Å². The summed E-state index contributed by atoms with van der Waals surface area (Å²) in [5.41, 5.74) is -0.442. The lowest BCUT2D eigenvalue weighted by molar-refractivity contribution is -0.153. The molecular weight excluding hydrogens is 352 g/mol. The Morgan fingerprint density at radius 2 is 2.04 bits per heavy atom. The predicted octanol–water partition coefficient (Wildman–Crippen LogP) is 1.48. The number of carbonyl (C=O) groups excluding carboxylic acids is 2. The van der Waals surface area contributed by atoms with Crippen molar-refractivity contribution < 1.29 is 24.2 Å². The average Bonchev–Trinajstić information content (AvgIpc) is 2.56. The molecule has 1 amide bonds. The van der Waals surface area contributed by atoms with E-state index in [-0.39, 0.29) is 13.2 Å². The Morgan fingerprint density at radius 3 is 2.70 bits per heavy atom. The molecule has 1 aromatic heterocycles. The predicted molar refractivity (Wildman–Crippen MR) is 98.3 cm³/mol. The molecule has 0 saturated carbocycles. The molecule has 3 rings (SSSR count). The van der Waals surface area contributed by atoms with E-state index in [0.29, 0.717) is 16.7 Å². The summed E-state index contributed by atoms with van der Waals surface area (Å²) in [4.78, 5) is 37.1. The minimum absolute atomic E-state index is 0.262. The molecule has 1 aromatic carbocycles. The number of ether oxygens (including phenoxy) is 2. The Labute approximate surface area is 155 Å². The summed E-state index contributed by atoms with van der Waals surface area (Å²) in [7, 11) is 0. The van der Waals surface area contributed by atoms with E-state index in [1.54, 1.807) is 32.9 Å². The summed E-state index contributed by atoms with van der Waals surface area (Å²) in [5.74, 6) is -1.40. The van der Waals surface area contributed by atoms with Crippen LogP contribution in [0.25, 0.3) is 10.9 Å². The van der Waals surface area contributed by atoms with Gasteiger partial charge in [0.05, 0.1) is 12.1 Å². The molecule has 2 heterocycles. The van der Waals surface area contributed by atoms with Crippen molar-refractivity contribution in [2.75, 3.05) is 13.2 Å². The maximum absolute atomic E-state index is 12.8. The van der Waals surface area contributed by atoms with Crippen LogP contribution in [0.2, 0.25) is 0 Å². The summed E-state index contributed by atoms with van der Waals surface area (Å²) >= 11 is 0. The number of nitrogens with one attached hydrogen (secondary N) is 1. The molecule has 0 unspecified atom stereocenters. The van der Waals surface area contributed by atoms with Crippen molar-refractivity contribution in [1.29, 1.82) is 0 Å². The van der Waals surface area contributed by atoms with E-state index < -0.39 is 40.9 Å². The fraction of sp³-hybridized carbons (Fsp3) is 0.421. The van der Waals surface area contributed by atoms with Gasteiger partial charge >= 0.3 is 5.97 Å². The van der Waals surface area contributed by atoms with Crippen molar-refractivity contribution in [3.05, 3.63) is 33.6 Å². The molecule has 0 radical (unpaired) electrons. The van der Waals surface area contributed by atoms with Crippen molar-refractivity contribution in [2.45, 2.75) is 39.8 Å². The highest BCUT2D eigenvalue weighted by Crippen LogP contribution is 2.35. The van der Waals surface area contributed by atoms with Crippen LogP contribution in [0, 0.1) is 6.92 Å². The number of hydrogen-bond donors (Lipinski definition) is 2. The van der Waals surface area contributed by atoms with Crippen LogP contribution in [0.5, 0.6) is 11.5 Å². The SMILES string of the molecule is Cc1cc2c3c(c1)c(O)c(C(=O)NCC(=O)OC(C)(C)C)c(=O)n3CCO2. The van der Waals surface area contributed by atoms with Gasteiger partial charge in [0.25, 0.3) is 11.5 Å². The molecule has 0 spiro atoms. The number of amides is 1. The van der Waals surface area contributed by atoms with E-state index in [4.69, 9.17) is 9.47 Å². The molecule has 0 aliphatic carbocycles. The van der Waals surface area contributed by atoms with Crippen molar-refractivity contribution in [3.63, 3.8) is 0 Å². The molecule has 144 valence electrons. The first kappa shape index (κ1) is 18.8. The number of hydrogen-bond acceptors (Lipinski definition) is 6. The number of benzene rings is 1. The van der Waals surface area contributed by atoms with Crippen LogP contribution in [0.4, 0.5) is 0 Å². The summed E-state index contributed by atoms with van der Waals surface area (Å²) in [6, 6.07) is 3.46. The first-order valence-electron chi connectivity index (χ1n) is 8.61. The monoisotopic (exact) mass is 374 g/mol. The molecule has 8 nitrogen and oxygen atoms in total. The van der Waals surface area contributed by atoms with Crippen LogP contribution in [0.3, 0.4) is 0 Å². The van der Waals surface area contributed by atoms with Crippen molar-refractivity contribution in [2.24, 2.45) is 0 Å². The van der Waals surface area contributed by atoms with E-state index in [9.17, 15) is 19.5 Å². The van der Waals surface area contributed by atoms with Crippen molar-refractivity contribution in [3.8, 4) is 11.5 Å². The maximum atomic E-state index is 12.8. The van der Waals surface area contributed by atoms with Gasteiger partial charge in [-0.05, 0) is 45.4 Å². The molecule has 0 saturated heterocycles. The second-order valence-electron chi connectivity index (χ2n) is 7.46. The number of esters is 1. The van der Waals surface area contributed by atoms with Gasteiger partial charge in [0.1, 0.15) is 35.8 Å². The highest BCUT2D eigenvalue weighted by atomic mass is 16.6. The zero-order valence-corrected chi connectivity index (χ0v) is 15.7. The average molecular weight is 374 g/mol. The lowest BCUT2D eigenvalue weighted by Gasteiger charge is -2.22. The van der Waals surface area contributed by atoms with E-state index in [0.717, 1.165) is 5.56 Å². The van der Waals surface area contributed by atoms with Crippen LogP contribution >= 0.6 is 0 Å². The van der Waals surface area contributed by atoms with Gasteiger partial charge in [-0.25, -0.2) is 0 Å². The van der Waals surface area contributed by atoms with E-state index >= 15 is 0 Å². The fourth-order valence-corrected chi connectivity index (χ4v) is 3.07. The lowest BCUT2D eigenvalue weighted by atomic mass is 10.1. The maximum Gasteiger partial charge on any atom is 0.325 e. The Hall–Kier alpha value is -3.03. The molecule has 8 heteroatoms. The topological polar surface area (TPSA) is 107 Å². The second-order valence-corrected chi connectivity index (χ2v) is 7.46. The van der Waals surface area contributed by atoms with Gasteiger partial charge in [0, 0.05) is 5.39 Å². The third kappa shape index (κ3) is 3.60. The molecule has 0 fully saturated rings. The molecule has 1 aliphatic heterocycles. The van der Waals surface area contributed by atoms with Crippen LogP contribution < -0.4 is 15.6 Å². The number of aromatic hydroxyl groups is 1. The zero-order valence-electron chi connectivity index (χ0n) is 15.7. The van der Waals surface area contributed by atoms with Crippen LogP contribution in [0.1, 0.15) is 36.7 Å². The van der Waals surface area contributed by atoms with Crippen LogP contribution in [-0.2, 0) is 16.1 Å². The van der Waals surface area contributed by atoms with Gasteiger partial charge in [0.15, 0.2) is 0 Å². The van der Waals surface area contributed by atoms with E-state index in [2.05, 4.69) is 5.32 Å². The first-order valence-corrected chi connectivity index (χ1v) is 8.61. The number of pyridine rings is 1. The number of aromatic nitrogens is 1. The largest absolute Gasteiger partial charge is 0.506 e. The highest BCUT2D eigenvalue weighted by Gasteiger charge is 2.27. The molecule has 0 atom stereocenters. The fourth-order valence-electron chi connectivity index (χ4n) is 3.07. The first-order chi connectivity index (χ1) is 12.6. The number of carbonyl (C=O) groups is 2. The molecule has 27 heavy (non-hydrogen) atoms. The third-order valence-electron chi connectivity index (χ3n) is 4.05. The van der Waals surface area contributed by atoms with Gasteiger partial charge in [-0.2, -0.15) is 0 Å². The third-order valence-corrected chi connectivity index (χ3v) is 4.05. The standard InChI is InChI=1S/C19H22N2O6/c1-10-7-11-15-12(8-10)26-6-5-21(15)18(25)14(16(11)23)17(24)20-9-13(22)27-19(2,3)4/h7-8,23H,5-6,9H2,1-4H3,(H,20,24). The minimum atomic E-state index is -0.830. The zero-order chi connectivity index (χ0) is 19.9. The number of rotatable bonds is 3. The molecule has 1 aliphatic rings. The number of aryl methyl sites for hydroxylation is 1. The Kier molecular flexibility index (Phi) is 4.59. The van der Waals surface area contributed by atoms with Crippen LogP contribution in [0.15, 0.2) is 16.9 Å². The van der Waals surface area contributed by atoms with Gasteiger partial charge in [-0.3, -0.25) is 14.4 Å².